The van der Waals surface area contributed by atoms with Gasteiger partial charge in [0.05, 0.1) is 0 Å². The highest BCUT2D eigenvalue weighted by molar-refractivity contribution is 8.00. The number of rotatable bonds is 3. The molecule has 2 aliphatic carbocycles. The number of alkyl halides is 5. The van der Waals surface area contributed by atoms with Crippen LogP contribution in [0.4, 0.5) is 30.7 Å². The molecule has 10 heteroatoms. The predicted molar refractivity (Wildman–Crippen MR) is 103 cm³/mol. The molecule has 2 aliphatic rings. The lowest BCUT2D eigenvalue weighted by molar-refractivity contribution is -0.169. The molecule has 4 rings (SSSR count). The molecule has 0 fully saturated rings. The maximum absolute atomic E-state index is 14.9. The molecular weight excluding hydrogens is 461 g/mol. The number of carbonyl (C=O) groups excluding carboxylic acids is 1. The van der Waals surface area contributed by atoms with Crippen molar-refractivity contribution >= 4 is 17.7 Å². The standard InChI is InChI=1S/C22H17F7O2S/c1-10(30)31-20-19-15(9-21(20,25)26)13(5-6-17(19)32-22(27,28)29)14-4-2-3-11-7-12(23)8-16(24)18(11)14/h5-8,14,20H,2-4,9H2,1H3/t14?,20-/m0/s1. The van der Waals surface area contributed by atoms with Gasteiger partial charge < -0.3 is 4.74 Å². The molecule has 0 aliphatic heterocycles. The van der Waals surface area contributed by atoms with Crippen molar-refractivity contribution in [2.75, 3.05) is 0 Å². The lowest BCUT2D eigenvalue weighted by Gasteiger charge is -2.28. The van der Waals surface area contributed by atoms with E-state index in [0.29, 0.717) is 30.9 Å². The SMILES string of the molecule is CC(=O)O[C@H]1c2c(SC(F)(F)F)ccc(C3CCCc4cc(F)cc(F)c43)c2CC1(F)F. The van der Waals surface area contributed by atoms with Gasteiger partial charge >= 0.3 is 11.5 Å². The van der Waals surface area contributed by atoms with Crippen LogP contribution in [-0.2, 0) is 22.4 Å². The van der Waals surface area contributed by atoms with Crippen molar-refractivity contribution in [3.8, 4) is 0 Å². The summed E-state index contributed by atoms with van der Waals surface area (Å²) >= 11 is -0.565. The number of esters is 1. The Morgan fingerprint density at radius 2 is 1.88 bits per heavy atom. The smallest absolute Gasteiger partial charge is 0.446 e. The van der Waals surface area contributed by atoms with Gasteiger partial charge in [0, 0.05) is 35.8 Å². The Morgan fingerprint density at radius 3 is 2.53 bits per heavy atom. The van der Waals surface area contributed by atoms with E-state index in [0.717, 1.165) is 13.0 Å². The van der Waals surface area contributed by atoms with Gasteiger partial charge in [0.15, 0.2) is 6.10 Å². The van der Waals surface area contributed by atoms with E-state index >= 15 is 0 Å². The van der Waals surface area contributed by atoms with E-state index in [1.54, 1.807) is 0 Å². The number of halogens is 7. The minimum absolute atomic E-state index is 0.0860. The fraction of sp³-hybridized carbons (Fsp3) is 0.409. The van der Waals surface area contributed by atoms with Crippen molar-refractivity contribution in [3.63, 3.8) is 0 Å². The normalized spacial score (nSPS) is 21.8. The van der Waals surface area contributed by atoms with E-state index in [9.17, 15) is 35.5 Å². The fourth-order valence-electron chi connectivity index (χ4n) is 4.72. The number of fused-ring (bicyclic) bond motifs is 2. The van der Waals surface area contributed by atoms with E-state index in [-0.39, 0.29) is 16.7 Å². The maximum Gasteiger partial charge on any atom is 0.446 e. The number of aryl methyl sites for hydroxylation is 1. The first-order valence-corrected chi connectivity index (χ1v) is 10.6. The van der Waals surface area contributed by atoms with Gasteiger partial charge in [0.1, 0.15) is 11.6 Å². The lowest BCUT2D eigenvalue weighted by atomic mass is 9.76. The van der Waals surface area contributed by atoms with Crippen LogP contribution >= 0.6 is 11.8 Å². The molecule has 2 nitrogen and oxygen atoms in total. The third kappa shape index (κ3) is 4.21. The zero-order chi connectivity index (χ0) is 23.4. The Balaban J connectivity index is 1.91. The fourth-order valence-corrected chi connectivity index (χ4v) is 5.45. The molecule has 2 atom stereocenters. The molecular formula is C22H17F7O2S. The van der Waals surface area contributed by atoms with Gasteiger partial charge in [-0.3, -0.25) is 4.79 Å². The van der Waals surface area contributed by atoms with Crippen molar-refractivity contribution in [2.45, 2.75) is 61.0 Å². The number of hydrogen-bond acceptors (Lipinski definition) is 3. The molecule has 0 saturated carbocycles. The average Bonchev–Trinajstić information content (AvgIpc) is 2.90. The van der Waals surface area contributed by atoms with Gasteiger partial charge in [-0.25, -0.2) is 17.6 Å². The Hall–Kier alpha value is -2.23. The third-order valence-corrected chi connectivity index (χ3v) is 6.57. The summed E-state index contributed by atoms with van der Waals surface area (Å²) in [4.78, 5) is 11.0. The van der Waals surface area contributed by atoms with Gasteiger partial charge in [-0.2, -0.15) is 13.2 Å². The molecule has 0 N–H and O–H groups in total. The second kappa shape index (κ2) is 7.97. The van der Waals surface area contributed by atoms with Crippen LogP contribution < -0.4 is 0 Å². The van der Waals surface area contributed by atoms with Crippen LogP contribution in [0.1, 0.15) is 59.6 Å². The Bertz CT molecular complexity index is 1080. The molecule has 0 radical (unpaired) electrons. The summed E-state index contributed by atoms with van der Waals surface area (Å²) in [6, 6.07) is 4.25. The van der Waals surface area contributed by atoms with Gasteiger partial charge in [0.25, 0.3) is 5.92 Å². The maximum atomic E-state index is 14.9. The highest BCUT2D eigenvalue weighted by Gasteiger charge is 2.53. The molecule has 172 valence electrons. The molecule has 0 heterocycles. The first-order chi connectivity index (χ1) is 14.9. The average molecular weight is 478 g/mol. The van der Waals surface area contributed by atoms with Crippen LogP contribution in [0.2, 0.25) is 0 Å². The minimum atomic E-state index is -4.75. The molecule has 0 saturated heterocycles. The number of thioether (sulfide) groups is 1. The Kier molecular flexibility index (Phi) is 5.71. The topological polar surface area (TPSA) is 26.3 Å². The predicted octanol–water partition coefficient (Wildman–Crippen LogP) is 6.84. The van der Waals surface area contributed by atoms with Crippen LogP contribution in [0.3, 0.4) is 0 Å². The van der Waals surface area contributed by atoms with Gasteiger partial charge in [-0.05, 0) is 65.4 Å². The van der Waals surface area contributed by atoms with Gasteiger partial charge in [-0.15, -0.1) is 0 Å². The van der Waals surface area contributed by atoms with Crippen molar-refractivity contribution in [1.82, 2.24) is 0 Å². The lowest BCUT2D eigenvalue weighted by Crippen LogP contribution is -2.26. The molecule has 32 heavy (non-hydrogen) atoms. The summed E-state index contributed by atoms with van der Waals surface area (Å²) in [6.45, 7) is 0.899. The number of ether oxygens (including phenoxy) is 1. The number of benzene rings is 2. The van der Waals surface area contributed by atoms with Crippen LogP contribution in [0.5, 0.6) is 0 Å². The molecule has 0 spiro atoms. The summed E-state index contributed by atoms with van der Waals surface area (Å²) in [5.41, 5.74) is -4.43. The van der Waals surface area contributed by atoms with E-state index in [2.05, 4.69) is 0 Å². The summed E-state index contributed by atoms with van der Waals surface area (Å²) < 4.78 is 102. The monoisotopic (exact) mass is 478 g/mol. The van der Waals surface area contributed by atoms with Gasteiger partial charge in [0.2, 0.25) is 0 Å². The zero-order valence-electron chi connectivity index (χ0n) is 16.7. The van der Waals surface area contributed by atoms with Crippen molar-refractivity contribution in [1.29, 1.82) is 0 Å². The van der Waals surface area contributed by atoms with Crippen molar-refractivity contribution in [2.24, 2.45) is 0 Å². The first-order valence-electron chi connectivity index (χ1n) is 9.81. The van der Waals surface area contributed by atoms with E-state index in [1.165, 1.54) is 12.1 Å². The second-order valence-electron chi connectivity index (χ2n) is 7.93. The van der Waals surface area contributed by atoms with Crippen molar-refractivity contribution in [3.05, 3.63) is 63.7 Å². The molecule has 0 aromatic heterocycles. The highest BCUT2D eigenvalue weighted by atomic mass is 32.2. The van der Waals surface area contributed by atoms with Crippen LogP contribution in [0.25, 0.3) is 0 Å². The van der Waals surface area contributed by atoms with E-state index < -0.39 is 69.7 Å². The summed E-state index contributed by atoms with van der Waals surface area (Å²) in [5, 5.41) is 0. The Morgan fingerprint density at radius 1 is 1.16 bits per heavy atom. The minimum Gasteiger partial charge on any atom is -0.451 e. The van der Waals surface area contributed by atoms with Crippen molar-refractivity contribution < 1.29 is 40.3 Å². The van der Waals surface area contributed by atoms with Gasteiger partial charge in [-0.1, -0.05) is 6.07 Å². The van der Waals surface area contributed by atoms with E-state index in [1.807, 2.05) is 0 Å². The molecule has 1 unspecified atom stereocenters. The quantitative estimate of drug-likeness (QED) is 0.275. The van der Waals surface area contributed by atoms with Crippen LogP contribution in [0, 0.1) is 11.6 Å². The van der Waals surface area contributed by atoms with Crippen LogP contribution in [0.15, 0.2) is 29.2 Å². The number of hydrogen-bond donors (Lipinski definition) is 0. The molecule has 2 aromatic rings. The summed E-state index contributed by atoms with van der Waals surface area (Å²) in [7, 11) is 0. The van der Waals surface area contributed by atoms with Crippen LogP contribution in [-0.4, -0.2) is 17.4 Å². The summed E-state index contributed by atoms with van der Waals surface area (Å²) in [6.07, 6.45) is -1.84. The third-order valence-electron chi connectivity index (χ3n) is 5.76. The molecule has 0 amide bonds. The Labute approximate surface area is 183 Å². The highest BCUT2D eigenvalue weighted by Crippen LogP contribution is 2.54. The molecule has 0 bridgehead atoms. The molecule has 2 aromatic carbocycles. The summed E-state index contributed by atoms with van der Waals surface area (Å²) in [5.74, 6) is -7.01. The second-order valence-corrected chi connectivity index (χ2v) is 9.03. The largest absolute Gasteiger partial charge is 0.451 e. The van der Waals surface area contributed by atoms with E-state index in [4.69, 9.17) is 4.74 Å². The first kappa shape index (κ1) is 22.9. The zero-order valence-corrected chi connectivity index (χ0v) is 17.5. The number of carbonyl (C=O) groups is 1.